The lowest BCUT2D eigenvalue weighted by Gasteiger charge is -2.15. The molecule has 1 amide bonds. The van der Waals surface area contributed by atoms with E-state index in [1.807, 2.05) is 13.0 Å². The Morgan fingerprint density at radius 2 is 2.08 bits per heavy atom. The van der Waals surface area contributed by atoms with Gasteiger partial charge in [0, 0.05) is 6.20 Å². The second kappa shape index (κ2) is 7.72. The van der Waals surface area contributed by atoms with Crippen molar-refractivity contribution < 1.29 is 18.4 Å². The Balaban J connectivity index is 2.50. The maximum Gasteiger partial charge on any atom is 0.277 e. The molecule has 0 aliphatic heterocycles. The number of amides is 1. The molecule has 5 nitrogen and oxygen atoms in total. The molecule has 0 bridgehead atoms. The monoisotopic (exact) mass is 397 g/mol. The van der Waals surface area contributed by atoms with Crippen molar-refractivity contribution >= 4 is 46.7 Å². The van der Waals surface area contributed by atoms with Crippen LogP contribution in [0.2, 0.25) is 0 Å². The number of carbonyl (C=O) groups is 1. The van der Waals surface area contributed by atoms with Crippen molar-refractivity contribution in [1.82, 2.24) is 10.5 Å². The van der Waals surface area contributed by atoms with E-state index in [0.717, 1.165) is 11.0 Å². The van der Waals surface area contributed by atoms with Crippen LogP contribution in [-0.2, 0) is 4.84 Å². The number of hydrogen-bond donors (Lipinski definition) is 2. The molecule has 0 aliphatic carbocycles. The third-order valence-electron chi connectivity index (χ3n) is 3.17. The van der Waals surface area contributed by atoms with Crippen molar-refractivity contribution in [2.24, 2.45) is 0 Å². The molecule has 0 saturated carbocycles. The number of aryl methyl sites for hydroxylation is 1. The Hall–Kier alpha value is -2.00. The van der Waals surface area contributed by atoms with E-state index in [-0.39, 0.29) is 22.3 Å². The minimum Gasteiger partial charge on any atom is -0.338 e. The molecule has 0 spiro atoms. The molecule has 1 aromatic carbocycles. The van der Waals surface area contributed by atoms with Gasteiger partial charge in [-0.3, -0.25) is 9.63 Å². The van der Waals surface area contributed by atoms with Gasteiger partial charge in [-0.2, -0.15) is 0 Å². The average Bonchev–Trinajstić information content (AvgIpc) is 2.54. The van der Waals surface area contributed by atoms with Gasteiger partial charge in [0.1, 0.15) is 13.7 Å². The normalized spacial score (nSPS) is 10.5. The van der Waals surface area contributed by atoms with Crippen LogP contribution >= 0.6 is 15.9 Å². The molecule has 0 aliphatic rings. The van der Waals surface area contributed by atoms with E-state index >= 15 is 0 Å². The molecule has 0 unspecified atom stereocenters. The molecule has 0 radical (unpaired) electrons. The highest BCUT2D eigenvalue weighted by Gasteiger charge is 2.22. The van der Waals surface area contributed by atoms with Gasteiger partial charge in [0.05, 0.1) is 22.3 Å². The van der Waals surface area contributed by atoms with Gasteiger partial charge in [-0.05, 0) is 46.9 Å². The number of hydrogen-bond acceptors (Lipinski definition) is 4. The molecule has 0 saturated heterocycles. The third-order valence-corrected chi connectivity index (χ3v) is 3.75. The molecule has 1 aromatic heterocycles. The fourth-order valence-electron chi connectivity index (χ4n) is 2.05. The van der Waals surface area contributed by atoms with Crippen LogP contribution in [0.4, 0.5) is 20.3 Å². The number of anilines is 2. The zero-order valence-electron chi connectivity index (χ0n) is 13.3. The van der Waals surface area contributed by atoms with Crippen molar-refractivity contribution in [3.63, 3.8) is 0 Å². The first-order chi connectivity index (χ1) is 11.3. The summed E-state index contributed by atoms with van der Waals surface area (Å²) >= 11 is 2.90. The maximum atomic E-state index is 14.4. The summed E-state index contributed by atoms with van der Waals surface area (Å²) in [6, 6.07) is 3.01. The summed E-state index contributed by atoms with van der Waals surface area (Å²) in [5.74, 6) is -2.67. The summed E-state index contributed by atoms with van der Waals surface area (Å²) in [5, 5.41) is 2.70. The molecule has 2 rings (SSSR count). The Labute approximate surface area is 147 Å². The molecule has 9 heteroatoms. The second-order valence-electron chi connectivity index (χ2n) is 5.08. The van der Waals surface area contributed by atoms with Crippen LogP contribution in [0.15, 0.2) is 22.8 Å². The number of halogens is 3. The van der Waals surface area contributed by atoms with E-state index in [0.29, 0.717) is 5.82 Å². The first-order valence-electron chi connectivity index (χ1n) is 7.15. The zero-order chi connectivity index (χ0) is 17.9. The van der Waals surface area contributed by atoms with Gasteiger partial charge in [0.2, 0.25) is 0 Å². The molecule has 126 valence electrons. The van der Waals surface area contributed by atoms with E-state index in [1.54, 1.807) is 21.0 Å². The van der Waals surface area contributed by atoms with E-state index in [1.165, 1.54) is 6.07 Å². The number of rotatable bonds is 5. The zero-order valence-corrected chi connectivity index (χ0v) is 14.9. The van der Waals surface area contributed by atoms with Crippen LogP contribution in [0.1, 0.15) is 22.8 Å². The summed E-state index contributed by atoms with van der Waals surface area (Å²) in [6.07, 6.45) is 1.59. The van der Waals surface area contributed by atoms with Gasteiger partial charge in [-0.15, -0.1) is 0 Å². The summed E-state index contributed by atoms with van der Waals surface area (Å²) in [4.78, 5) is 21.1. The summed E-state index contributed by atoms with van der Waals surface area (Å²) in [7, 11) is 1.77. The Bertz CT molecular complexity index is 790. The molecule has 2 aromatic rings. The fraction of sp³-hybridized carbons (Fsp3) is 0.200. The minimum atomic E-state index is -1.19. The van der Waals surface area contributed by atoms with Crippen LogP contribution in [0.3, 0.4) is 0 Å². The van der Waals surface area contributed by atoms with Crippen LogP contribution in [0, 0.1) is 18.6 Å². The highest BCUT2D eigenvalue weighted by molar-refractivity contribution is 9.10. The highest BCUT2D eigenvalue weighted by Crippen LogP contribution is 2.30. The number of carbonyl (C=O) groups excluding carboxylic acids is 1. The molecular weight excluding hydrogens is 383 g/mol. The summed E-state index contributed by atoms with van der Waals surface area (Å²) < 4.78 is 28.1. The van der Waals surface area contributed by atoms with Gasteiger partial charge >= 0.3 is 0 Å². The Morgan fingerprint density at radius 1 is 1.38 bits per heavy atom. The topological polar surface area (TPSA) is 63.2 Å². The maximum absolute atomic E-state index is 14.4. The lowest BCUT2D eigenvalue weighted by atomic mass is 9.95. The fourth-order valence-corrected chi connectivity index (χ4v) is 2.46. The predicted molar refractivity (Wildman–Crippen MR) is 93.6 cm³/mol. The lowest BCUT2D eigenvalue weighted by molar-refractivity contribution is 0.0365. The van der Waals surface area contributed by atoms with Crippen LogP contribution in [-0.4, -0.2) is 25.3 Å². The number of hydroxylamine groups is 1. The Morgan fingerprint density at radius 3 is 2.71 bits per heavy atom. The first-order valence-corrected chi connectivity index (χ1v) is 7.94. The van der Waals surface area contributed by atoms with Crippen molar-refractivity contribution in [3.05, 3.63) is 45.6 Å². The van der Waals surface area contributed by atoms with Crippen molar-refractivity contribution in [2.75, 3.05) is 11.9 Å². The van der Waals surface area contributed by atoms with Crippen molar-refractivity contribution in [3.8, 4) is 0 Å². The molecular formula is C15H15BBrF2N3O2. The van der Waals surface area contributed by atoms with Crippen LogP contribution < -0.4 is 16.3 Å². The summed E-state index contributed by atoms with van der Waals surface area (Å²) in [6.45, 7) is 3.78. The second-order valence-corrected chi connectivity index (χ2v) is 5.93. The molecule has 24 heavy (non-hydrogen) atoms. The van der Waals surface area contributed by atoms with Gasteiger partial charge in [-0.1, -0.05) is 6.07 Å². The molecule has 1 heterocycles. The van der Waals surface area contributed by atoms with Crippen molar-refractivity contribution in [2.45, 2.75) is 13.8 Å². The highest BCUT2D eigenvalue weighted by atomic mass is 79.9. The number of nitrogens with one attached hydrogen (secondary N) is 2. The number of nitrogens with zero attached hydrogens (tertiary/aromatic N) is 1. The van der Waals surface area contributed by atoms with E-state index in [9.17, 15) is 13.6 Å². The minimum absolute atomic E-state index is 0.115. The quantitative estimate of drug-likeness (QED) is 0.461. The average molecular weight is 398 g/mol. The summed E-state index contributed by atoms with van der Waals surface area (Å²) in [5.41, 5.74) is 3.39. The predicted octanol–water partition coefficient (Wildman–Crippen LogP) is 2.11. The molecule has 0 fully saturated rings. The smallest absolute Gasteiger partial charge is 0.277 e. The number of pyridine rings is 1. The van der Waals surface area contributed by atoms with Crippen LogP contribution in [0.25, 0.3) is 0 Å². The Kier molecular flexibility index (Phi) is 5.90. The standard InChI is InChI=1S/C15H15BBrF2N3O2/c1-3-24-22-15(23)8-5-10(17)11(18)12(19)13(8)21-14-9(16)4-7(2)6-20-14/h4-6H,3,16H2,1-2H3,(H,20,21)(H,22,23). The first kappa shape index (κ1) is 18.3. The third kappa shape index (κ3) is 3.91. The van der Waals surface area contributed by atoms with E-state index in [4.69, 9.17) is 4.84 Å². The lowest BCUT2D eigenvalue weighted by Crippen LogP contribution is -2.25. The van der Waals surface area contributed by atoms with Crippen molar-refractivity contribution in [1.29, 1.82) is 0 Å². The molecule has 2 N–H and O–H groups in total. The molecule has 0 atom stereocenters. The number of benzene rings is 1. The van der Waals surface area contributed by atoms with Gasteiger partial charge in [0.25, 0.3) is 5.91 Å². The number of aromatic nitrogens is 1. The SMILES string of the molecule is Bc1cc(C)cnc1Nc1c(C(=O)NOCC)cc(Br)c(F)c1F. The van der Waals surface area contributed by atoms with Crippen LogP contribution in [0.5, 0.6) is 0 Å². The van der Waals surface area contributed by atoms with Gasteiger partial charge in [-0.25, -0.2) is 19.2 Å². The van der Waals surface area contributed by atoms with E-state index < -0.39 is 17.5 Å². The van der Waals surface area contributed by atoms with Gasteiger partial charge < -0.3 is 5.32 Å². The van der Waals surface area contributed by atoms with Gasteiger partial charge in [0.15, 0.2) is 11.6 Å². The van der Waals surface area contributed by atoms with E-state index in [2.05, 4.69) is 31.7 Å². The largest absolute Gasteiger partial charge is 0.338 e.